The third-order valence-electron chi connectivity index (χ3n) is 0.755. The zero-order valence-corrected chi connectivity index (χ0v) is 16.4. The minimum atomic E-state index is 0. The van der Waals surface area contributed by atoms with Gasteiger partial charge in [-0.25, -0.2) is 0 Å². The fraction of sp³-hybridized carbons (Fsp3) is 0.200. The van der Waals surface area contributed by atoms with Crippen LogP contribution in [0.5, 0.6) is 0 Å². The minimum absolute atomic E-state index is 0. The molecule has 0 unspecified atom stereocenters. The molecule has 0 aliphatic carbocycles. The van der Waals surface area contributed by atoms with Gasteiger partial charge in [0.1, 0.15) is 0 Å². The number of hydrogen-bond donors (Lipinski definition) is 0. The van der Waals surface area contributed by atoms with Crippen LogP contribution in [-0.2, 0) is 0 Å². The fourth-order valence-corrected chi connectivity index (χ4v) is 0.463. The van der Waals surface area contributed by atoms with Crippen LogP contribution in [0.3, 0.4) is 0 Å². The van der Waals surface area contributed by atoms with E-state index >= 15 is 0 Å². The van der Waals surface area contributed by atoms with Gasteiger partial charge in [-0.1, -0.05) is 0 Å². The van der Waals surface area contributed by atoms with Crippen molar-refractivity contribution < 1.29 is 116 Å². The molecule has 0 aliphatic heterocycles. The second kappa shape index (κ2) is 8.11. The number of aryl methyl sites for hydroxylation is 1. The SMILES string of the molecule is Cc1cncc([NH-])n1.[Rb+].[Rb+]. The van der Waals surface area contributed by atoms with Gasteiger partial charge in [-0.15, -0.1) is 0 Å². The summed E-state index contributed by atoms with van der Waals surface area (Å²) in [7, 11) is 0. The molecule has 0 aliphatic rings. The van der Waals surface area contributed by atoms with Gasteiger partial charge in [-0.05, 0) is 18.4 Å². The van der Waals surface area contributed by atoms with E-state index in [1.54, 1.807) is 6.20 Å². The summed E-state index contributed by atoms with van der Waals surface area (Å²) >= 11 is 0. The van der Waals surface area contributed by atoms with E-state index in [0.717, 1.165) is 5.69 Å². The summed E-state index contributed by atoms with van der Waals surface area (Å²) in [6, 6.07) is 0. The Morgan fingerprint density at radius 1 is 1.30 bits per heavy atom. The molecule has 1 aromatic rings. The molecule has 0 aromatic carbocycles. The van der Waals surface area contributed by atoms with Crippen molar-refractivity contribution in [3.05, 3.63) is 23.8 Å². The number of nitrogens with one attached hydrogen (secondary N) is 1. The van der Waals surface area contributed by atoms with E-state index in [1.165, 1.54) is 6.20 Å². The first-order valence-corrected chi connectivity index (χ1v) is 2.29. The van der Waals surface area contributed by atoms with Crippen molar-refractivity contribution in [1.82, 2.24) is 9.97 Å². The zero-order chi connectivity index (χ0) is 5.98. The summed E-state index contributed by atoms with van der Waals surface area (Å²) in [6.07, 6.45) is 3.03. The Balaban J connectivity index is 0. The van der Waals surface area contributed by atoms with Gasteiger partial charge < -0.3 is 10.7 Å². The monoisotopic (exact) mass is 278 g/mol. The van der Waals surface area contributed by atoms with Crippen LogP contribution in [0, 0.1) is 6.92 Å². The van der Waals surface area contributed by atoms with E-state index in [1.807, 2.05) is 6.92 Å². The molecule has 10 heavy (non-hydrogen) atoms. The molecule has 0 saturated carbocycles. The molecule has 1 aromatic heterocycles. The molecule has 1 rings (SSSR count). The second-order valence-corrected chi connectivity index (χ2v) is 1.55. The van der Waals surface area contributed by atoms with E-state index in [-0.39, 0.29) is 122 Å². The zero-order valence-electron chi connectivity index (χ0n) is 6.55. The molecule has 42 valence electrons. The van der Waals surface area contributed by atoms with E-state index in [2.05, 4.69) is 9.97 Å². The Morgan fingerprint density at radius 2 is 1.90 bits per heavy atom. The topological polar surface area (TPSA) is 49.6 Å². The van der Waals surface area contributed by atoms with Crippen LogP contribution in [0.4, 0.5) is 5.82 Å². The van der Waals surface area contributed by atoms with Gasteiger partial charge >= 0.3 is 116 Å². The molecule has 0 bridgehead atoms. The van der Waals surface area contributed by atoms with Crippen LogP contribution < -0.4 is 116 Å². The normalized spacial score (nSPS) is 7.30. The Labute approximate surface area is 158 Å². The molecule has 1 N–H and O–H groups in total. The molecule has 5 heteroatoms. The van der Waals surface area contributed by atoms with E-state index in [0.29, 0.717) is 0 Å². The Hall–Kier alpha value is 2.49. The average Bonchev–Trinajstić information content (AvgIpc) is 1.64. The largest absolute Gasteiger partial charge is 1.00 e. The van der Waals surface area contributed by atoms with Crippen LogP contribution in [-0.4, -0.2) is 9.97 Å². The Bertz CT molecular complexity index is 175. The first-order chi connectivity index (χ1) is 3.79. The Morgan fingerprint density at radius 3 is 2.20 bits per heavy atom. The number of aromatic nitrogens is 2. The van der Waals surface area contributed by atoms with Crippen molar-refractivity contribution in [1.29, 1.82) is 0 Å². The van der Waals surface area contributed by atoms with Crippen LogP contribution in [0.1, 0.15) is 5.69 Å². The number of nitrogens with zero attached hydrogens (tertiary/aromatic N) is 2. The van der Waals surface area contributed by atoms with E-state index in [9.17, 15) is 0 Å². The molecule has 1 heterocycles. The summed E-state index contributed by atoms with van der Waals surface area (Å²) in [6.45, 7) is 1.81. The summed E-state index contributed by atoms with van der Waals surface area (Å²) < 4.78 is 0. The quantitative estimate of drug-likeness (QED) is 0.480. The van der Waals surface area contributed by atoms with Crippen molar-refractivity contribution in [3.8, 4) is 0 Å². The summed E-state index contributed by atoms with van der Waals surface area (Å²) in [5.41, 5.74) is 7.75. The van der Waals surface area contributed by atoms with Gasteiger partial charge in [0, 0.05) is 12.4 Å². The molecular formula is C5H6N3Rb2+. The van der Waals surface area contributed by atoms with E-state index < -0.39 is 0 Å². The summed E-state index contributed by atoms with van der Waals surface area (Å²) in [4.78, 5) is 7.51. The maximum absolute atomic E-state index is 6.96. The van der Waals surface area contributed by atoms with Crippen LogP contribution >= 0.6 is 0 Å². The van der Waals surface area contributed by atoms with Crippen molar-refractivity contribution in [2.45, 2.75) is 6.92 Å². The molecule has 0 spiro atoms. The minimum Gasteiger partial charge on any atom is -0.481 e. The molecule has 0 amide bonds. The van der Waals surface area contributed by atoms with E-state index in [4.69, 9.17) is 5.73 Å². The van der Waals surface area contributed by atoms with Gasteiger partial charge in [0.15, 0.2) is 0 Å². The maximum atomic E-state index is 6.96. The van der Waals surface area contributed by atoms with Crippen molar-refractivity contribution >= 4 is 5.82 Å². The van der Waals surface area contributed by atoms with Crippen molar-refractivity contribution in [2.24, 2.45) is 0 Å². The smallest absolute Gasteiger partial charge is 0.481 e. The van der Waals surface area contributed by atoms with Gasteiger partial charge in [-0.3, -0.25) is 4.98 Å². The van der Waals surface area contributed by atoms with Crippen LogP contribution in [0.25, 0.3) is 5.73 Å². The molecular weight excluding hydrogens is 273 g/mol. The standard InChI is InChI=1S/C5H6N3.2Rb/c1-4-2-7-3-5(6)8-4;;/h2-3H,1H3,(H-,6,8);;/q-1;2*+1. The predicted octanol–water partition coefficient (Wildman–Crippen LogP) is -4.52. The summed E-state index contributed by atoms with van der Waals surface area (Å²) in [5, 5.41) is 0. The number of rotatable bonds is 0. The van der Waals surface area contributed by atoms with Crippen molar-refractivity contribution in [2.75, 3.05) is 0 Å². The third-order valence-corrected chi connectivity index (χ3v) is 0.755. The molecule has 0 radical (unpaired) electrons. The van der Waals surface area contributed by atoms with Gasteiger partial charge in [0.2, 0.25) is 0 Å². The molecule has 3 nitrogen and oxygen atoms in total. The van der Waals surface area contributed by atoms with Crippen LogP contribution in [0.15, 0.2) is 12.4 Å². The van der Waals surface area contributed by atoms with Gasteiger partial charge in [0.25, 0.3) is 0 Å². The second-order valence-electron chi connectivity index (χ2n) is 1.55. The molecule has 0 fully saturated rings. The van der Waals surface area contributed by atoms with Gasteiger partial charge in [0.05, 0.1) is 0 Å². The fourth-order valence-electron chi connectivity index (χ4n) is 0.463. The van der Waals surface area contributed by atoms with Crippen LogP contribution in [0.2, 0.25) is 0 Å². The molecule has 0 saturated heterocycles. The summed E-state index contributed by atoms with van der Waals surface area (Å²) in [5.74, 6) is 0.227. The first-order valence-electron chi connectivity index (χ1n) is 2.29. The first kappa shape index (κ1) is 15.0. The molecule has 0 atom stereocenters. The van der Waals surface area contributed by atoms with Gasteiger partial charge in [-0.2, -0.15) is 0 Å². The van der Waals surface area contributed by atoms with Crippen molar-refractivity contribution in [3.63, 3.8) is 0 Å². The third kappa shape index (κ3) is 6.06. The number of hydrogen-bond acceptors (Lipinski definition) is 2. The predicted molar refractivity (Wildman–Crippen MR) is 30.8 cm³/mol. The Kier molecular flexibility index (Phi) is 12.1. The average molecular weight is 279 g/mol. The maximum Gasteiger partial charge on any atom is 1.00 e.